The van der Waals surface area contributed by atoms with Crippen LogP contribution < -0.4 is 0 Å². The lowest BCUT2D eigenvalue weighted by molar-refractivity contribution is -0.212. The van der Waals surface area contributed by atoms with Crippen LogP contribution in [0.1, 0.15) is 12.0 Å². The van der Waals surface area contributed by atoms with E-state index in [-0.39, 0.29) is 6.42 Å². The van der Waals surface area contributed by atoms with Gasteiger partial charge in [-0.1, -0.05) is 33.2 Å². The third kappa shape index (κ3) is 2.37. The molecule has 0 amide bonds. The summed E-state index contributed by atoms with van der Waals surface area (Å²) in [5.41, 5.74) is 0.977. The maximum atomic E-state index is 12.3. The first kappa shape index (κ1) is 11.4. The second kappa shape index (κ2) is 4.08. The summed E-state index contributed by atoms with van der Waals surface area (Å²) in [6, 6.07) is 6.90. The fraction of sp³-hybridized carbons (Fsp3) is 0.300. The molecule has 0 fully saturated rings. The van der Waals surface area contributed by atoms with Gasteiger partial charge in [-0.15, -0.1) is 0 Å². The van der Waals surface area contributed by atoms with Gasteiger partial charge in [0.05, 0.1) is 5.71 Å². The molecule has 1 aliphatic rings. The van der Waals surface area contributed by atoms with Crippen LogP contribution in [0.3, 0.4) is 0 Å². The molecule has 2 rings (SSSR count). The Bertz CT molecular complexity index is 413. The lowest BCUT2D eigenvalue weighted by Crippen LogP contribution is -2.28. The highest BCUT2D eigenvalue weighted by molar-refractivity contribution is 9.10. The van der Waals surface area contributed by atoms with Crippen LogP contribution in [-0.2, 0) is 4.84 Å². The van der Waals surface area contributed by atoms with Crippen LogP contribution in [0.5, 0.6) is 0 Å². The lowest BCUT2D eigenvalue weighted by atomic mass is 10.1. The van der Waals surface area contributed by atoms with E-state index in [4.69, 9.17) is 0 Å². The molecule has 0 saturated heterocycles. The van der Waals surface area contributed by atoms with Crippen LogP contribution in [0, 0.1) is 0 Å². The van der Waals surface area contributed by atoms with Crippen molar-refractivity contribution < 1.29 is 18.0 Å². The van der Waals surface area contributed by atoms with Crippen molar-refractivity contribution in [1.82, 2.24) is 0 Å². The molecule has 1 aliphatic heterocycles. The van der Waals surface area contributed by atoms with Crippen molar-refractivity contribution in [3.05, 3.63) is 34.3 Å². The third-order valence-electron chi connectivity index (χ3n) is 2.21. The maximum absolute atomic E-state index is 12.3. The summed E-state index contributed by atoms with van der Waals surface area (Å²) in [4.78, 5) is 4.37. The number of hydrogen-bond donors (Lipinski definition) is 0. The minimum Gasteiger partial charge on any atom is -0.382 e. The van der Waals surface area contributed by atoms with Gasteiger partial charge in [-0.05, 0) is 17.7 Å². The first-order valence-corrected chi connectivity index (χ1v) is 5.31. The van der Waals surface area contributed by atoms with E-state index in [2.05, 4.69) is 25.9 Å². The van der Waals surface area contributed by atoms with E-state index in [1.54, 1.807) is 24.3 Å². The van der Waals surface area contributed by atoms with Crippen LogP contribution in [0.15, 0.2) is 33.9 Å². The molecule has 0 aliphatic carbocycles. The highest BCUT2D eigenvalue weighted by Gasteiger charge is 2.45. The van der Waals surface area contributed by atoms with E-state index in [9.17, 15) is 13.2 Å². The molecule has 0 bridgehead atoms. The summed E-state index contributed by atoms with van der Waals surface area (Å²) in [5, 5.41) is 3.46. The Morgan fingerprint density at radius 1 is 1.25 bits per heavy atom. The third-order valence-corrected chi connectivity index (χ3v) is 2.74. The van der Waals surface area contributed by atoms with Crippen LogP contribution >= 0.6 is 15.9 Å². The molecule has 1 heterocycles. The van der Waals surface area contributed by atoms with Crippen LogP contribution in [0.25, 0.3) is 0 Å². The van der Waals surface area contributed by atoms with Gasteiger partial charge >= 0.3 is 6.18 Å². The monoisotopic (exact) mass is 293 g/mol. The molecule has 1 unspecified atom stereocenters. The number of halogens is 4. The Hall–Kier alpha value is -1.04. The van der Waals surface area contributed by atoms with Crippen molar-refractivity contribution >= 4 is 21.6 Å². The topological polar surface area (TPSA) is 21.6 Å². The molecule has 1 atom stereocenters. The molecule has 16 heavy (non-hydrogen) atoms. The predicted octanol–water partition coefficient (Wildman–Crippen LogP) is 3.50. The Balaban J connectivity index is 2.12. The smallest absolute Gasteiger partial charge is 0.382 e. The van der Waals surface area contributed by atoms with E-state index in [1.165, 1.54) is 0 Å². The number of hydrogen-bond acceptors (Lipinski definition) is 2. The van der Waals surface area contributed by atoms with E-state index < -0.39 is 12.3 Å². The normalized spacial score (nSPS) is 20.5. The minimum atomic E-state index is -4.36. The van der Waals surface area contributed by atoms with Gasteiger partial charge < -0.3 is 4.84 Å². The summed E-state index contributed by atoms with van der Waals surface area (Å²) in [7, 11) is 0. The second-order valence-electron chi connectivity index (χ2n) is 3.38. The molecular weight excluding hydrogens is 287 g/mol. The first-order chi connectivity index (χ1) is 7.47. The zero-order chi connectivity index (χ0) is 11.8. The van der Waals surface area contributed by atoms with E-state index in [1.807, 2.05) is 0 Å². The molecule has 0 saturated carbocycles. The van der Waals surface area contributed by atoms with Crippen molar-refractivity contribution in [2.45, 2.75) is 18.7 Å². The SMILES string of the molecule is FC(F)(F)C1CC(c2ccc(Br)cc2)=NO1. The van der Waals surface area contributed by atoms with Gasteiger partial charge in [0, 0.05) is 10.9 Å². The van der Waals surface area contributed by atoms with Crippen molar-refractivity contribution in [1.29, 1.82) is 0 Å². The molecule has 86 valence electrons. The lowest BCUT2D eigenvalue weighted by Gasteiger charge is -2.11. The largest absolute Gasteiger partial charge is 0.428 e. The number of nitrogens with zero attached hydrogens (tertiary/aromatic N) is 1. The van der Waals surface area contributed by atoms with Gasteiger partial charge in [0.2, 0.25) is 6.10 Å². The highest BCUT2D eigenvalue weighted by atomic mass is 79.9. The standard InChI is InChI=1S/C10H7BrF3NO/c11-7-3-1-6(2-4-7)8-5-9(16-15-8)10(12,13)14/h1-4,9H,5H2. The Labute approximate surface area is 98.2 Å². The molecule has 1 aromatic rings. The van der Waals surface area contributed by atoms with Crippen molar-refractivity contribution in [3.8, 4) is 0 Å². The van der Waals surface area contributed by atoms with Crippen LogP contribution in [0.4, 0.5) is 13.2 Å². The Morgan fingerprint density at radius 2 is 1.88 bits per heavy atom. The van der Waals surface area contributed by atoms with Gasteiger partial charge in [0.1, 0.15) is 0 Å². The zero-order valence-electron chi connectivity index (χ0n) is 7.96. The van der Waals surface area contributed by atoms with Crippen LogP contribution in [0.2, 0.25) is 0 Å². The van der Waals surface area contributed by atoms with Crippen LogP contribution in [-0.4, -0.2) is 18.0 Å². The van der Waals surface area contributed by atoms with Gasteiger partial charge in [-0.2, -0.15) is 13.2 Å². The molecule has 1 aromatic carbocycles. The molecule has 0 spiro atoms. The zero-order valence-corrected chi connectivity index (χ0v) is 9.55. The van der Waals surface area contributed by atoms with Crippen molar-refractivity contribution in [3.63, 3.8) is 0 Å². The molecule has 2 nitrogen and oxygen atoms in total. The number of rotatable bonds is 1. The number of alkyl halides is 3. The minimum absolute atomic E-state index is 0.231. The average molecular weight is 294 g/mol. The second-order valence-corrected chi connectivity index (χ2v) is 4.30. The summed E-state index contributed by atoms with van der Waals surface area (Å²) in [6.45, 7) is 0. The number of benzene rings is 1. The Morgan fingerprint density at radius 3 is 2.38 bits per heavy atom. The van der Waals surface area contributed by atoms with Gasteiger partial charge in [-0.25, -0.2) is 0 Å². The summed E-state index contributed by atoms with van der Waals surface area (Å²) in [5.74, 6) is 0. The van der Waals surface area contributed by atoms with E-state index in [0.717, 1.165) is 4.47 Å². The first-order valence-electron chi connectivity index (χ1n) is 4.52. The highest BCUT2D eigenvalue weighted by Crippen LogP contribution is 2.30. The molecular formula is C10H7BrF3NO. The Kier molecular flexibility index (Phi) is 2.92. The molecule has 0 N–H and O–H groups in total. The molecule has 0 radical (unpaired) electrons. The van der Waals surface area contributed by atoms with Crippen molar-refractivity contribution in [2.75, 3.05) is 0 Å². The number of oxime groups is 1. The summed E-state index contributed by atoms with van der Waals surface area (Å²) < 4.78 is 37.8. The van der Waals surface area contributed by atoms with E-state index >= 15 is 0 Å². The van der Waals surface area contributed by atoms with Gasteiger partial charge in [-0.3, -0.25) is 0 Å². The van der Waals surface area contributed by atoms with Gasteiger partial charge in [0.15, 0.2) is 0 Å². The maximum Gasteiger partial charge on any atom is 0.428 e. The summed E-state index contributed by atoms with van der Waals surface area (Å²) in [6.07, 6.45) is -6.41. The fourth-order valence-corrected chi connectivity index (χ4v) is 1.63. The predicted molar refractivity (Wildman–Crippen MR) is 56.2 cm³/mol. The quantitative estimate of drug-likeness (QED) is 0.776. The molecule has 6 heteroatoms. The molecule has 0 aromatic heterocycles. The average Bonchev–Trinajstić information content (AvgIpc) is 2.67. The van der Waals surface area contributed by atoms with Gasteiger partial charge in [0.25, 0.3) is 0 Å². The van der Waals surface area contributed by atoms with Crippen molar-refractivity contribution in [2.24, 2.45) is 5.16 Å². The van der Waals surface area contributed by atoms with E-state index in [0.29, 0.717) is 11.3 Å². The summed E-state index contributed by atoms with van der Waals surface area (Å²) >= 11 is 3.25. The fourth-order valence-electron chi connectivity index (χ4n) is 1.37.